The summed E-state index contributed by atoms with van der Waals surface area (Å²) in [5.41, 5.74) is 15.1. The topological polar surface area (TPSA) is 49.2 Å². The van der Waals surface area contributed by atoms with E-state index < -0.39 is 13.5 Å². The van der Waals surface area contributed by atoms with Gasteiger partial charge in [0.1, 0.15) is 11.6 Å². The van der Waals surface area contributed by atoms with Crippen molar-refractivity contribution in [3.8, 4) is 39.4 Å². The molecule has 53 heavy (non-hydrogen) atoms. The number of pyridine rings is 2. The number of phenolic OH excluding ortho intramolecular Hbond substituents is 1. The van der Waals surface area contributed by atoms with E-state index in [2.05, 4.69) is 142 Å². The average Bonchev–Trinajstić information content (AvgIpc) is 3.60. The molecular formula is C47H40N3OPtSi-. The number of hydrogen-bond donors (Lipinski definition) is 1. The van der Waals surface area contributed by atoms with Crippen molar-refractivity contribution in [2.45, 2.75) is 45.8 Å². The van der Waals surface area contributed by atoms with Crippen LogP contribution in [0.1, 0.15) is 39.1 Å². The van der Waals surface area contributed by atoms with Crippen LogP contribution in [-0.4, -0.2) is 23.1 Å². The summed E-state index contributed by atoms with van der Waals surface area (Å²) in [5.74, 6) is 1.00. The zero-order chi connectivity index (χ0) is 35.9. The van der Waals surface area contributed by atoms with Crippen molar-refractivity contribution in [3.63, 3.8) is 0 Å². The minimum atomic E-state index is -1.59. The normalized spacial score (nSPS) is 13.2. The van der Waals surface area contributed by atoms with Crippen LogP contribution in [0.3, 0.4) is 0 Å². The molecule has 1 spiro atoms. The Morgan fingerprint density at radius 2 is 1.26 bits per heavy atom. The molecule has 9 rings (SSSR count). The number of aryl methyl sites for hydroxylation is 3. The quantitative estimate of drug-likeness (QED) is 0.138. The molecule has 0 bridgehead atoms. The molecule has 2 aliphatic rings. The summed E-state index contributed by atoms with van der Waals surface area (Å²) in [5, 5.41) is 13.1. The number of nitrogens with zero attached hydrogens (tertiary/aromatic N) is 3. The molecular weight excluding hydrogens is 846 g/mol. The van der Waals surface area contributed by atoms with Crippen LogP contribution in [0.2, 0.25) is 19.6 Å². The molecule has 2 aliphatic carbocycles. The maximum absolute atomic E-state index is 11.7. The van der Waals surface area contributed by atoms with Crippen LogP contribution in [0, 0.1) is 26.8 Å². The summed E-state index contributed by atoms with van der Waals surface area (Å²) in [4.78, 5) is 12.7. The second kappa shape index (κ2) is 12.8. The Bertz CT molecular complexity index is 2520. The first-order chi connectivity index (χ1) is 25.1. The fourth-order valence-corrected chi connectivity index (χ4v) is 9.96. The molecule has 0 radical (unpaired) electrons. The van der Waals surface area contributed by atoms with Gasteiger partial charge in [0, 0.05) is 32.3 Å². The molecule has 0 saturated carbocycles. The molecule has 264 valence electrons. The Labute approximate surface area is 327 Å². The Balaban J connectivity index is 0.00000400. The van der Waals surface area contributed by atoms with Crippen molar-refractivity contribution < 1.29 is 26.2 Å². The van der Waals surface area contributed by atoms with E-state index >= 15 is 0 Å². The van der Waals surface area contributed by atoms with Gasteiger partial charge in [-0.05, 0) is 94.9 Å². The first-order valence-electron chi connectivity index (χ1n) is 18.0. The molecule has 4 nitrogen and oxygen atoms in total. The molecule has 0 unspecified atom stereocenters. The first kappa shape index (κ1) is 35.0. The summed E-state index contributed by atoms with van der Waals surface area (Å²) >= 11 is 0. The van der Waals surface area contributed by atoms with Gasteiger partial charge in [-0.3, -0.25) is 0 Å². The van der Waals surface area contributed by atoms with Crippen LogP contribution in [0.25, 0.3) is 33.6 Å². The monoisotopic (exact) mass is 885 g/mol. The van der Waals surface area contributed by atoms with E-state index in [0.29, 0.717) is 0 Å². The average molecular weight is 886 g/mol. The Morgan fingerprint density at radius 3 is 1.92 bits per heavy atom. The molecule has 0 saturated heterocycles. The van der Waals surface area contributed by atoms with Crippen molar-refractivity contribution in [2.75, 3.05) is 4.90 Å². The largest absolute Gasteiger partial charge is 0.507 e. The van der Waals surface area contributed by atoms with Crippen LogP contribution in [0.5, 0.6) is 5.75 Å². The number of phenols is 1. The van der Waals surface area contributed by atoms with E-state index in [4.69, 9.17) is 9.97 Å². The number of hydrogen-bond acceptors (Lipinski definition) is 4. The van der Waals surface area contributed by atoms with Crippen molar-refractivity contribution in [1.29, 1.82) is 0 Å². The van der Waals surface area contributed by atoms with Gasteiger partial charge in [-0.15, -0.1) is 29.8 Å². The predicted molar refractivity (Wildman–Crippen MR) is 216 cm³/mol. The number of anilines is 3. The second-order valence-corrected chi connectivity index (χ2v) is 20.3. The fraction of sp³-hybridized carbons (Fsp3) is 0.149. The SMILES string of the molecule is Cc1cccc(-c2[c-]c(N(c3ccc4c(n3)-c3c(O)cccc3C43c4ccccc4-c4ccccc43)c3c(C)cc([Si](C)(C)C)cc3C)ccc2)n1.[Pt]. The zero-order valence-corrected chi connectivity index (χ0v) is 34.0. The van der Waals surface area contributed by atoms with E-state index in [-0.39, 0.29) is 26.8 Å². The summed E-state index contributed by atoms with van der Waals surface area (Å²) in [6, 6.07) is 48.5. The summed E-state index contributed by atoms with van der Waals surface area (Å²) in [6.45, 7) is 13.6. The van der Waals surface area contributed by atoms with Crippen LogP contribution >= 0.6 is 0 Å². The predicted octanol–water partition coefficient (Wildman–Crippen LogP) is 10.9. The number of benzene rings is 5. The second-order valence-electron chi connectivity index (χ2n) is 15.3. The third-order valence-electron chi connectivity index (χ3n) is 10.9. The molecule has 6 heteroatoms. The minimum absolute atomic E-state index is 0. The summed E-state index contributed by atoms with van der Waals surface area (Å²) in [6.07, 6.45) is 0. The van der Waals surface area contributed by atoms with Crippen LogP contribution in [0.4, 0.5) is 17.2 Å². The molecule has 0 fully saturated rings. The molecule has 2 aromatic heterocycles. The number of aromatic hydroxyl groups is 1. The number of fused-ring (bicyclic) bond motifs is 10. The van der Waals surface area contributed by atoms with Gasteiger partial charge in [-0.1, -0.05) is 116 Å². The van der Waals surface area contributed by atoms with Crippen LogP contribution in [-0.2, 0) is 26.5 Å². The van der Waals surface area contributed by atoms with Crippen LogP contribution in [0.15, 0.2) is 127 Å². The van der Waals surface area contributed by atoms with E-state index in [1.165, 1.54) is 38.6 Å². The van der Waals surface area contributed by atoms with Gasteiger partial charge >= 0.3 is 0 Å². The summed E-state index contributed by atoms with van der Waals surface area (Å²) < 4.78 is 0. The third kappa shape index (κ3) is 5.27. The molecule has 0 aliphatic heterocycles. The maximum Gasteiger partial charge on any atom is 0.136 e. The minimum Gasteiger partial charge on any atom is -0.507 e. The van der Waals surface area contributed by atoms with Gasteiger partial charge in [-0.2, -0.15) is 0 Å². The molecule has 5 aromatic carbocycles. The van der Waals surface area contributed by atoms with E-state index in [0.717, 1.165) is 56.5 Å². The standard InChI is InChI=1S/C47H40N3OSi.Pt/c1-29-26-34(52(4,5)6)27-30(2)46(29)50(33-16-12-15-32(28-33)41-22-11-14-31(3)48-41)43-25-24-40-45(49-43)44-39(21-13-23-42(44)51)47(40)37-19-9-7-17-35(37)36-18-8-10-20-38(36)47;/h7-27,51H,1-6H3;/q-1;. The molecule has 0 amide bonds. The smallest absolute Gasteiger partial charge is 0.136 e. The Morgan fingerprint density at radius 1 is 0.642 bits per heavy atom. The van der Waals surface area contributed by atoms with E-state index in [1.54, 1.807) is 6.07 Å². The third-order valence-corrected chi connectivity index (χ3v) is 12.9. The Hall–Kier alpha value is -5.09. The Kier molecular flexibility index (Phi) is 8.44. The molecule has 1 N–H and O–H groups in total. The van der Waals surface area contributed by atoms with Gasteiger partial charge in [0.15, 0.2) is 0 Å². The van der Waals surface area contributed by atoms with E-state index in [9.17, 15) is 5.11 Å². The van der Waals surface area contributed by atoms with Gasteiger partial charge < -0.3 is 15.0 Å². The van der Waals surface area contributed by atoms with Gasteiger partial charge in [0.2, 0.25) is 0 Å². The zero-order valence-electron chi connectivity index (χ0n) is 30.7. The molecule has 2 heterocycles. The van der Waals surface area contributed by atoms with Crippen molar-refractivity contribution in [3.05, 3.63) is 173 Å². The van der Waals surface area contributed by atoms with Crippen molar-refractivity contribution >= 4 is 30.5 Å². The van der Waals surface area contributed by atoms with Gasteiger partial charge in [0.05, 0.1) is 24.9 Å². The number of rotatable bonds is 5. The maximum atomic E-state index is 11.7. The van der Waals surface area contributed by atoms with Crippen molar-refractivity contribution in [2.24, 2.45) is 0 Å². The fourth-order valence-electron chi connectivity index (χ4n) is 8.66. The van der Waals surface area contributed by atoms with Crippen molar-refractivity contribution in [1.82, 2.24) is 9.97 Å². The molecule has 0 atom stereocenters. The summed E-state index contributed by atoms with van der Waals surface area (Å²) in [7, 11) is -1.59. The number of aromatic nitrogens is 2. The van der Waals surface area contributed by atoms with E-state index in [1.807, 2.05) is 31.2 Å². The first-order valence-corrected chi connectivity index (χ1v) is 21.5. The van der Waals surface area contributed by atoms with Gasteiger partial charge in [-0.25, -0.2) is 4.98 Å². The molecule has 7 aromatic rings. The van der Waals surface area contributed by atoms with Gasteiger partial charge in [0.25, 0.3) is 0 Å². The van der Waals surface area contributed by atoms with Crippen LogP contribution < -0.4 is 10.1 Å².